The number of aliphatic carboxylic acids is 1. The lowest BCUT2D eigenvalue weighted by Crippen LogP contribution is -2.39. The highest BCUT2D eigenvalue weighted by Crippen LogP contribution is 2.31. The fourth-order valence-electron chi connectivity index (χ4n) is 2.89. The van der Waals surface area contributed by atoms with E-state index in [1.165, 1.54) is 12.1 Å². The molecule has 3 N–H and O–H groups in total. The summed E-state index contributed by atoms with van der Waals surface area (Å²) >= 11 is 0. The summed E-state index contributed by atoms with van der Waals surface area (Å²) in [5.41, 5.74) is 2.13. The molecule has 0 amide bonds. The maximum atomic E-state index is 12.1. The topological polar surface area (TPSA) is 81.0 Å². The van der Waals surface area contributed by atoms with Crippen molar-refractivity contribution in [3.63, 3.8) is 0 Å². The zero-order valence-electron chi connectivity index (χ0n) is 14.0. The summed E-state index contributed by atoms with van der Waals surface area (Å²) in [4.78, 5) is 13.8. The fraction of sp³-hybridized carbons (Fsp3) is 0.0952. The normalized spacial score (nSPS) is 11.7. The van der Waals surface area contributed by atoms with Crippen LogP contribution in [-0.4, -0.2) is 27.3 Å². The predicted octanol–water partition coefficient (Wildman–Crippen LogP) is 3.93. The molecule has 132 valence electrons. The van der Waals surface area contributed by atoms with E-state index >= 15 is 0 Å². The molecule has 5 nitrogen and oxygen atoms in total. The molecule has 3 rings (SSSR count). The van der Waals surface area contributed by atoms with E-state index in [4.69, 9.17) is 0 Å². The lowest BCUT2D eigenvalue weighted by atomic mass is 10.0. The largest absolute Gasteiger partial charge is 0.504 e. The number of hydrogen-bond acceptors (Lipinski definition) is 4. The summed E-state index contributed by atoms with van der Waals surface area (Å²) in [6, 6.07) is 22.1. The SMILES string of the molecule is O=C(O)[C@H](Cc1ccc(O)c(O)c1)N(c1ccccc1)c1ccccc1. The molecule has 3 aromatic rings. The molecule has 0 saturated heterocycles. The van der Waals surface area contributed by atoms with Crippen molar-refractivity contribution in [2.45, 2.75) is 12.5 Å². The Morgan fingerprint density at radius 3 is 1.81 bits per heavy atom. The summed E-state index contributed by atoms with van der Waals surface area (Å²) in [7, 11) is 0. The first kappa shape index (κ1) is 17.4. The van der Waals surface area contributed by atoms with Crippen LogP contribution in [-0.2, 0) is 11.2 Å². The molecular weight excluding hydrogens is 330 g/mol. The highest BCUT2D eigenvalue weighted by molar-refractivity contribution is 5.83. The first-order valence-corrected chi connectivity index (χ1v) is 8.19. The number of carboxylic acid groups (broad SMARTS) is 1. The van der Waals surface area contributed by atoms with Crippen molar-refractivity contribution in [2.24, 2.45) is 0 Å². The van der Waals surface area contributed by atoms with Gasteiger partial charge in [0.05, 0.1) is 0 Å². The molecule has 0 saturated carbocycles. The lowest BCUT2D eigenvalue weighted by molar-refractivity contribution is -0.138. The molecule has 0 radical (unpaired) electrons. The highest BCUT2D eigenvalue weighted by atomic mass is 16.4. The van der Waals surface area contributed by atoms with Gasteiger partial charge in [0.15, 0.2) is 11.5 Å². The average molecular weight is 349 g/mol. The number of carbonyl (C=O) groups is 1. The third kappa shape index (κ3) is 3.78. The number of anilines is 2. The zero-order chi connectivity index (χ0) is 18.5. The van der Waals surface area contributed by atoms with E-state index in [2.05, 4.69) is 0 Å². The van der Waals surface area contributed by atoms with Crippen molar-refractivity contribution in [1.82, 2.24) is 0 Å². The Morgan fingerprint density at radius 1 is 0.808 bits per heavy atom. The minimum Gasteiger partial charge on any atom is -0.504 e. The number of aromatic hydroxyl groups is 2. The third-order valence-electron chi connectivity index (χ3n) is 4.13. The Hall–Kier alpha value is -3.47. The molecule has 26 heavy (non-hydrogen) atoms. The van der Waals surface area contributed by atoms with E-state index in [0.29, 0.717) is 5.56 Å². The first-order chi connectivity index (χ1) is 12.6. The summed E-state index contributed by atoms with van der Waals surface area (Å²) < 4.78 is 0. The zero-order valence-corrected chi connectivity index (χ0v) is 14.0. The van der Waals surface area contributed by atoms with Gasteiger partial charge in [-0.1, -0.05) is 42.5 Å². The van der Waals surface area contributed by atoms with Gasteiger partial charge in [0, 0.05) is 17.8 Å². The van der Waals surface area contributed by atoms with Gasteiger partial charge in [0.1, 0.15) is 6.04 Å². The van der Waals surface area contributed by atoms with Crippen molar-refractivity contribution in [3.8, 4) is 11.5 Å². The molecule has 0 heterocycles. The van der Waals surface area contributed by atoms with Gasteiger partial charge in [0.25, 0.3) is 0 Å². The van der Waals surface area contributed by atoms with Crippen LogP contribution in [0.25, 0.3) is 0 Å². The Balaban J connectivity index is 2.03. The molecule has 0 aromatic heterocycles. The fourth-order valence-corrected chi connectivity index (χ4v) is 2.89. The van der Waals surface area contributed by atoms with Crippen LogP contribution in [0, 0.1) is 0 Å². The number of para-hydroxylation sites is 2. The summed E-state index contributed by atoms with van der Waals surface area (Å²) in [5, 5.41) is 29.1. The van der Waals surface area contributed by atoms with Gasteiger partial charge in [-0.3, -0.25) is 0 Å². The van der Waals surface area contributed by atoms with Crippen molar-refractivity contribution >= 4 is 17.3 Å². The second kappa shape index (κ2) is 7.61. The second-order valence-corrected chi connectivity index (χ2v) is 5.92. The van der Waals surface area contributed by atoms with Gasteiger partial charge >= 0.3 is 5.97 Å². The molecule has 5 heteroatoms. The van der Waals surface area contributed by atoms with Crippen molar-refractivity contribution in [1.29, 1.82) is 0 Å². The van der Waals surface area contributed by atoms with Crippen LogP contribution >= 0.6 is 0 Å². The third-order valence-corrected chi connectivity index (χ3v) is 4.13. The van der Waals surface area contributed by atoms with Gasteiger partial charge in [-0.15, -0.1) is 0 Å². The van der Waals surface area contributed by atoms with Gasteiger partial charge in [-0.05, 0) is 42.0 Å². The minimum atomic E-state index is -0.981. The van der Waals surface area contributed by atoms with Crippen LogP contribution in [0.15, 0.2) is 78.9 Å². The predicted molar refractivity (Wildman–Crippen MR) is 99.9 cm³/mol. The average Bonchev–Trinajstić information content (AvgIpc) is 2.66. The Bertz CT molecular complexity index is 842. The lowest BCUT2D eigenvalue weighted by Gasteiger charge is -2.31. The van der Waals surface area contributed by atoms with Crippen molar-refractivity contribution in [2.75, 3.05) is 4.90 Å². The molecule has 0 unspecified atom stereocenters. The number of phenolic OH excluding ortho intramolecular Hbond substituents is 2. The number of nitrogens with zero attached hydrogens (tertiary/aromatic N) is 1. The number of phenols is 2. The van der Waals surface area contributed by atoms with E-state index < -0.39 is 12.0 Å². The molecule has 0 fully saturated rings. The van der Waals surface area contributed by atoms with Crippen LogP contribution in [0.2, 0.25) is 0 Å². The van der Waals surface area contributed by atoms with Crippen molar-refractivity contribution < 1.29 is 20.1 Å². The van der Waals surface area contributed by atoms with E-state index in [9.17, 15) is 20.1 Å². The second-order valence-electron chi connectivity index (χ2n) is 5.92. The molecule has 0 spiro atoms. The molecule has 3 aromatic carbocycles. The quantitative estimate of drug-likeness (QED) is 0.588. The van der Waals surface area contributed by atoms with Crippen molar-refractivity contribution in [3.05, 3.63) is 84.4 Å². The van der Waals surface area contributed by atoms with Crippen LogP contribution in [0.5, 0.6) is 11.5 Å². The van der Waals surface area contributed by atoms with E-state index in [1.807, 2.05) is 60.7 Å². The number of benzene rings is 3. The summed E-state index contributed by atoms with van der Waals surface area (Å²) in [5.74, 6) is -1.48. The Morgan fingerprint density at radius 2 is 1.35 bits per heavy atom. The van der Waals surface area contributed by atoms with Crippen LogP contribution in [0.4, 0.5) is 11.4 Å². The van der Waals surface area contributed by atoms with E-state index in [-0.39, 0.29) is 17.9 Å². The molecule has 1 atom stereocenters. The highest BCUT2D eigenvalue weighted by Gasteiger charge is 2.28. The molecule has 0 aliphatic heterocycles. The molecule has 0 aliphatic carbocycles. The number of hydrogen-bond donors (Lipinski definition) is 3. The van der Waals surface area contributed by atoms with E-state index in [1.54, 1.807) is 11.0 Å². The number of rotatable bonds is 6. The van der Waals surface area contributed by atoms with Crippen LogP contribution in [0.1, 0.15) is 5.56 Å². The molecule has 0 aliphatic rings. The monoisotopic (exact) mass is 349 g/mol. The molecular formula is C21H19NO4. The minimum absolute atomic E-state index is 0.160. The van der Waals surface area contributed by atoms with Gasteiger partial charge in [-0.2, -0.15) is 0 Å². The van der Waals surface area contributed by atoms with Crippen LogP contribution < -0.4 is 4.90 Å². The van der Waals surface area contributed by atoms with Crippen LogP contribution in [0.3, 0.4) is 0 Å². The summed E-state index contributed by atoms with van der Waals surface area (Å²) in [6.45, 7) is 0. The first-order valence-electron chi connectivity index (χ1n) is 8.19. The standard InChI is InChI=1S/C21H19NO4/c23-19-12-11-15(14-20(19)24)13-18(21(25)26)22(16-7-3-1-4-8-16)17-9-5-2-6-10-17/h1-12,14,18,23-24H,13H2,(H,25,26)/t18-/m0/s1. The summed E-state index contributed by atoms with van der Waals surface area (Å²) in [6.07, 6.45) is 0.160. The Kier molecular flexibility index (Phi) is 5.08. The molecule has 0 bridgehead atoms. The smallest absolute Gasteiger partial charge is 0.327 e. The maximum Gasteiger partial charge on any atom is 0.327 e. The van der Waals surface area contributed by atoms with E-state index in [0.717, 1.165) is 11.4 Å². The van der Waals surface area contributed by atoms with Gasteiger partial charge in [-0.25, -0.2) is 4.79 Å². The van der Waals surface area contributed by atoms with Gasteiger partial charge in [0.2, 0.25) is 0 Å². The maximum absolute atomic E-state index is 12.1. The Labute approximate surface area is 151 Å². The van der Waals surface area contributed by atoms with Gasteiger partial charge < -0.3 is 20.2 Å². The number of carboxylic acids is 1.